The summed E-state index contributed by atoms with van der Waals surface area (Å²) in [6.07, 6.45) is 1.10. The molecule has 2 saturated heterocycles. The molecule has 2 aliphatic heterocycles. The van der Waals surface area contributed by atoms with Crippen LogP contribution in [0, 0.1) is 5.41 Å². The van der Waals surface area contributed by atoms with Crippen molar-refractivity contribution in [1.29, 1.82) is 0 Å². The maximum absolute atomic E-state index is 12.6. The molecule has 3 atom stereocenters. The summed E-state index contributed by atoms with van der Waals surface area (Å²) in [4.78, 5) is 49.8. The highest BCUT2D eigenvalue weighted by Gasteiger charge is 2.41. The summed E-state index contributed by atoms with van der Waals surface area (Å²) in [6.45, 7) is 7.51. The molecule has 7 heteroatoms. The summed E-state index contributed by atoms with van der Waals surface area (Å²) in [5, 5.41) is 2.52. The van der Waals surface area contributed by atoms with Gasteiger partial charge in [0.25, 0.3) is 5.91 Å². The van der Waals surface area contributed by atoms with Crippen LogP contribution < -0.4 is 5.32 Å². The van der Waals surface area contributed by atoms with E-state index in [1.807, 2.05) is 20.8 Å². The Labute approximate surface area is 142 Å². The van der Waals surface area contributed by atoms with Crippen molar-refractivity contribution in [1.82, 2.24) is 10.2 Å². The quantitative estimate of drug-likeness (QED) is 0.766. The van der Waals surface area contributed by atoms with Gasteiger partial charge < -0.3 is 15.0 Å². The standard InChI is InChI=1S/C17H26N2O5/c1-10(24-16(23)11-7-8-13(20)18-11)15(22)19-9-5-6-12(19)14(21)17(2,3)4/h10-12H,5-9H2,1-4H3,(H,18,20)/t10-,11?,12?/m1/s1. The molecule has 0 bridgehead atoms. The summed E-state index contributed by atoms with van der Waals surface area (Å²) >= 11 is 0. The Morgan fingerprint density at radius 3 is 2.46 bits per heavy atom. The van der Waals surface area contributed by atoms with Gasteiger partial charge in [0, 0.05) is 18.4 Å². The van der Waals surface area contributed by atoms with Crippen LogP contribution in [0.25, 0.3) is 0 Å². The van der Waals surface area contributed by atoms with Crippen LogP contribution in [-0.4, -0.2) is 53.2 Å². The van der Waals surface area contributed by atoms with Gasteiger partial charge in [0.05, 0.1) is 6.04 Å². The third-order valence-corrected chi connectivity index (χ3v) is 4.50. The molecular weight excluding hydrogens is 312 g/mol. The molecule has 0 spiro atoms. The Morgan fingerprint density at radius 2 is 1.92 bits per heavy atom. The van der Waals surface area contributed by atoms with Gasteiger partial charge in [-0.1, -0.05) is 20.8 Å². The number of carbonyl (C=O) groups is 4. The number of esters is 1. The average molecular weight is 338 g/mol. The minimum atomic E-state index is -0.969. The Morgan fingerprint density at radius 1 is 1.25 bits per heavy atom. The molecule has 0 radical (unpaired) electrons. The average Bonchev–Trinajstić information content (AvgIpc) is 3.13. The van der Waals surface area contributed by atoms with Crippen LogP contribution in [0.5, 0.6) is 0 Å². The molecule has 2 fully saturated rings. The van der Waals surface area contributed by atoms with Crippen LogP contribution in [0.2, 0.25) is 0 Å². The number of hydrogen-bond acceptors (Lipinski definition) is 5. The largest absolute Gasteiger partial charge is 0.451 e. The van der Waals surface area contributed by atoms with Gasteiger partial charge in [0.2, 0.25) is 5.91 Å². The lowest BCUT2D eigenvalue weighted by molar-refractivity contribution is -0.162. The smallest absolute Gasteiger partial charge is 0.329 e. The maximum atomic E-state index is 12.6. The van der Waals surface area contributed by atoms with Crippen molar-refractivity contribution in [3.05, 3.63) is 0 Å². The summed E-state index contributed by atoms with van der Waals surface area (Å²) in [5.74, 6) is -1.12. The number of hydrogen-bond donors (Lipinski definition) is 1. The van der Waals surface area contributed by atoms with E-state index in [0.717, 1.165) is 6.42 Å². The number of amides is 2. The van der Waals surface area contributed by atoms with Crippen LogP contribution in [0.4, 0.5) is 0 Å². The minimum absolute atomic E-state index is 0.0231. The molecule has 2 heterocycles. The normalized spacial score (nSPS) is 25.3. The van der Waals surface area contributed by atoms with E-state index < -0.39 is 29.6 Å². The Hall–Kier alpha value is -1.92. The Kier molecular flexibility index (Phi) is 5.30. The fourth-order valence-electron chi connectivity index (χ4n) is 3.13. The summed E-state index contributed by atoms with van der Waals surface area (Å²) in [7, 11) is 0. The van der Waals surface area contributed by atoms with E-state index in [-0.39, 0.29) is 24.0 Å². The van der Waals surface area contributed by atoms with Gasteiger partial charge >= 0.3 is 5.97 Å². The molecule has 24 heavy (non-hydrogen) atoms. The summed E-state index contributed by atoms with van der Waals surface area (Å²) < 4.78 is 5.21. The number of likely N-dealkylation sites (tertiary alicyclic amines) is 1. The summed E-state index contributed by atoms with van der Waals surface area (Å²) in [6, 6.07) is -1.14. The third-order valence-electron chi connectivity index (χ3n) is 4.50. The zero-order valence-electron chi connectivity index (χ0n) is 14.8. The Bertz CT molecular complexity index is 552. The number of nitrogens with one attached hydrogen (secondary N) is 1. The van der Waals surface area contributed by atoms with E-state index in [1.165, 1.54) is 11.8 Å². The number of rotatable bonds is 4. The van der Waals surface area contributed by atoms with Gasteiger partial charge in [-0.05, 0) is 26.2 Å². The molecule has 0 saturated carbocycles. The molecule has 2 unspecified atom stereocenters. The number of Topliss-reactive ketones (excluding diaryl/α,β-unsaturated/α-hetero) is 1. The number of ether oxygens (including phenoxy) is 1. The van der Waals surface area contributed by atoms with Crippen LogP contribution in [0.1, 0.15) is 53.4 Å². The van der Waals surface area contributed by atoms with Crippen molar-refractivity contribution in [2.75, 3.05) is 6.54 Å². The predicted octanol–water partition coefficient (Wildman–Crippen LogP) is 0.803. The SMILES string of the molecule is C[C@@H](OC(=O)C1CCC(=O)N1)C(=O)N1CCCC1C(=O)C(C)(C)C. The molecule has 7 nitrogen and oxygen atoms in total. The van der Waals surface area contributed by atoms with E-state index >= 15 is 0 Å². The van der Waals surface area contributed by atoms with Gasteiger partial charge in [-0.15, -0.1) is 0 Å². The number of carbonyl (C=O) groups excluding carboxylic acids is 4. The third kappa shape index (κ3) is 3.94. The van der Waals surface area contributed by atoms with Gasteiger partial charge in [-0.25, -0.2) is 4.79 Å². The predicted molar refractivity (Wildman–Crippen MR) is 85.9 cm³/mol. The minimum Gasteiger partial charge on any atom is -0.451 e. The van der Waals surface area contributed by atoms with E-state index in [1.54, 1.807) is 0 Å². The molecule has 0 aromatic heterocycles. The first-order valence-corrected chi connectivity index (χ1v) is 8.46. The molecule has 2 aliphatic rings. The van der Waals surface area contributed by atoms with E-state index in [9.17, 15) is 19.2 Å². The molecule has 0 aromatic rings. The Balaban J connectivity index is 1.98. The highest BCUT2D eigenvalue weighted by molar-refractivity contribution is 5.95. The zero-order valence-corrected chi connectivity index (χ0v) is 14.8. The monoisotopic (exact) mass is 338 g/mol. The number of nitrogens with zero attached hydrogens (tertiary/aromatic N) is 1. The molecule has 134 valence electrons. The first-order valence-electron chi connectivity index (χ1n) is 8.46. The van der Waals surface area contributed by atoms with Crippen LogP contribution in [0.3, 0.4) is 0 Å². The second-order valence-electron chi connectivity index (χ2n) is 7.54. The second-order valence-corrected chi connectivity index (χ2v) is 7.54. The van der Waals surface area contributed by atoms with Crippen LogP contribution in [-0.2, 0) is 23.9 Å². The fourth-order valence-corrected chi connectivity index (χ4v) is 3.13. The topological polar surface area (TPSA) is 92.8 Å². The molecule has 1 N–H and O–H groups in total. The molecule has 2 rings (SSSR count). The van der Waals surface area contributed by atoms with Gasteiger partial charge in [-0.2, -0.15) is 0 Å². The van der Waals surface area contributed by atoms with Crippen molar-refractivity contribution in [3.63, 3.8) is 0 Å². The van der Waals surface area contributed by atoms with Crippen molar-refractivity contribution in [2.24, 2.45) is 5.41 Å². The van der Waals surface area contributed by atoms with Crippen LogP contribution >= 0.6 is 0 Å². The first-order chi connectivity index (χ1) is 11.1. The lowest BCUT2D eigenvalue weighted by atomic mass is 9.85. The van der Waals surface area contributed by atoms with E-state index in [0.29, 0.717) is 19.4 Å². The van der Waals surface area contributed by atoms with E-state index in [2.05, 4.69) is 5.32 Å². The lowest BCUT2D eigenvalue weighted by Gasteiger charge is -2.30. The highest BCUT2D eigenvalue weighted by Crippen LogP contribution is 2.27. The van der Waals surface area contributed by atoms with Crippen molar-refractivity contribution < 1.29 is 23.9 Å². The van der Waals surface area contributed by atoms with Crippen molar-refractivity contribution >= 4 is 23.6 Å². The van der Waals surface area contributed by atoms with E-state index in [4.69, 9.17) is 4.74 Å². The molecule has 0 aliphatic carbocycles. The van der Waals surface area contributed by atoms with Gasteiger partial charge in [0.15, 0.2) is 11.9 Å². The number of ketones is 1. The van der Waals surface area contributed by atoms with Crippen molar-refractivity contribution in [3.8, 4) is 0 Å². The summed E-state index contributed by atoms with van der Waals surface area (Å²) in [5.41, 5.74) is -0.526. The zero-order chi connectivity index (χ0) is 18.1. The second kappa shape index (κ2) is 6.91. The maximum Gasteiger partial charge on any atom is 0.329 e. The molecule has 0 aromatic carbocycles. The fraction of sp³-hybridized carbons (Fsp3) is 0.765. The van der Waals surface area contributed by atoms with Gasteiger partial charge in [0.1, 0.15) is 6.04 Å². The first kappa shape index (κ1) is 18.4. The van der Waals surface area contributed by atoms with Gasteiger partial charge in [-0.3, -0.25) is 14.4 Å². The van der Waals surface area contributed by atoms with Crippen molar-refractivity contribution in [2.45, 2.75) is 71.6 Å². The van der Waals surface area contributed by atoms with Crippen LogP contribution in [0.15, 0.2) is 0 Å². The molecular formula is C17H26N2O5. The molecule has 2 amide bonds. The lowest BCUT2D eigenvalue weighted by Crippen LogP contribution is -2.49. The highest BCUT2D eigenvalue weighted by atomic mass is 16.5.